The van der Waals surface area contributed by atoms with Crippen LogP contribution in [0.15, 0.2) is 0 Å². The second kappa shape index (κ2) is 8.12. The van der Waals surface area contributed by atoms with Crippen molar-refractivity contribution >= 4 is 17.8 Å². The summed E-state index contributed by atoms with van der Waals surface area (Å²) in [5.41, 5.74) is 4.77. The fraction of sp³-hybridized carbons (Fsp3) is 0.800. The zero-order chi connectivity index (χ0) is 16.8. The van der Waals surface area contributed by atoms with Crippen LogP contribution in [0.4, 0.5) is 4.79 Å². The first-order valence-corrected chi connectivity index (χ1v) is 8.07. The number of carbonyl (C=O) groups is 3. The van der Waals surface area contributed by atoms with E-state index in [0.29, 0.717) is 19.4 Å². The summed E-state index contributed by atoms with van der Waals surface area (Å²) in [6.45, 7) is 5.85. The summed E-state index contributed by atoms with van der Waals surface area (Å²) in [6.07, 6.45) is 3.81. The molecule has 0 aromatic rings. The number of imide groups is 1. The number of rotatable bonds is 9. The van der Waals surface area contributed by atoms with E-state index in [1.54, 1.807) is 0 Å². The highest BCUT2D eigenvalue weighted by atomic mass is 16.2. The van der Waals surface area contributed by atoms with Gasteiger partial charge < -0.3 is 16.4 Å². The van der Waals surface area contributed by atoms with Gasteiger partial charge >= 0.3 is 6.03 Å². The van der Waals surface area contributed by atoms with Crippen LogP contribution in [-0.2, 0) is 9.59 Å². The third kappa shape index (κ3) is 3.97. The Morgan fingerprint density at radius 3 is 2.41 bits per heavy atom. The molecular formula is C15H28N4O3. The lowest BCUT2D eigenvalue weighted by molar-refractivity contribution is -0.135. The predicted molar refractivity (Wildman–Crippen MR) is 84.1 cm³/mol. The second-order valence-electron chi connectivity index (χ2n) is 5.75. The number of unbranched alkanes of at least 4 members (excludes halogenated alkanes) is 1. The number of hydrogen-bond acceptors (Lipinski definition) is 4. The van der Waals surface area contributed by atoms with Gasteiger partial charge in [0, 0.05) is 12.6 Å². The van der Waals surface area contributed by atoms with Crippen LogP contribution in [-0.4, -0.2) is 47.4 Å². The maximum Gasteiger partial charge on any atom is 0.325 e. The molecule has 1 heterocycles. The quantitative estimate of drug-likeness (QED) is 0.546. The largest absolute Gasteiger partial charge is 0.351 e. The third-order valence-corrected chi connectivity index (χ3v) is 4.31. The Labute approximate surface area is 132 Å². The van der Waals surface area contributed by atoms with Gasteiger partial charge in [-0.25, -0.2) is 4.79 Å². The molecule has 7 nitrogen and oxygen atoms in total. The van der Waals surface area contributed by atoms with Crippen molar-refractivity contribution in [1.82, 2.24) is 15.5 Å². The van der Waals surface area contributed by atoms with Crippen LogP contribution in [0, 0.1) is 0 Å². The Kier molecular flexibility index (Phi) is 6.80. The van der Waals surface area contributed by atoms with Crippen LogP contribution < -0.4 is 16.4 Å². The van der Waals surface area contributed by atoms with Gasteiger partial charge in [-0.1, -0.05) is 33.6 Å². The normalized spacial score (nSPS) is 18.3. The summed E-state index contributed by atoms with van der Waals surface area (Å²) in [7, 11) is 0. The van der Waals surface area contributed by atoms with Gasteiger partial charge in [0.2, 0.25) is 5.91 Å². The first kappa shape index (κ1) is 18.4. The minimum Gasteiger partial charge on any atom is -0.351 e. The molecule has 0 spiro atoms. The summed E-state index contributed by atoms with van der Waals surface area (Å²) in [5.74, 6) is -0.673. The predicted octanol–water partition coefficient (Wildman–Crippen LogP) is 0.731. The molecule has 1 unspecified atom stereocenters. The van der Waals surface area contributed by atoms with Crippen molar-refractivity contribution in [1.29, 1.82) is 0 Å². The van der Waals surface area contributed by atoms with E-state index in [-0.39, 0.29) is 24.4 Å². The first-order valence-electron chi connectivity index (χ1n) is 8.07. The Hall–Kier alpha value is -1.63. The van der Waals surface area contributed by atoms with Crippen LogP contribution in [0.5, 0.6) is 0 Å². The standard InChI is InChI=1S/C15H28N4O3/c1-4-7-8-11(9-16)17-12(20)10-19-13(21)15(5-2,6-3)18-14(19)22/h11H,4-10,16H2,1-3H3,(H,17,20)(H,18,22). The fourth-order valence-electron chi connectivity index (χ4n) is 2.67. The van der Waals surface area contributed by atoms with Gasteiger partial charge in [0.15, 0.2) is 0 Å². The van der Waals surface area contributed by atoms with Crippen molar-refractivity contribution < 1.29 is 14.4 Å². The van der Waals surface area contributed by atoms with E-state index in [4.69, 9.17) is 5.73 Å². The second-order valence-corrected chi connectivity index (χ2v) is 5.75. The van der Waals surface area contributed by atoms with Gasteiger partial charge in [-0.3, -0.25) is 14.5 Å². The molecular weight excluding hydrogens is 284 g/mol. The number of urea groups is 1. The average Bonchev–Trinajstić information content (AvgIpc) is 2.76. The van der Waals surface area contributed by atoms with Crippen molar-refractivity contribution in [3.05, 3.63) is 0 Å². The highest BCUT2D eigenvalue weighted by molar-refractivity contribution is 6.08. The molecule has 4 amide bonds. The Morgan fingerprint density at radius 2 is 1.95 bits per heavy atom. The van der Waals surface area contributed by atoms with Crippen molar-refractivity contribution in [3.8, 4) is 0 Å². The Morgan fingerprint density at radius 1 is 1.32 bits per heavy atom. The molecule has 0 saturated carbocycles. The summed E-state index contributed by atoms with van der Waals surface area (Å²) in [6, 6.07) is -0.614. The van der Waals surface area contributed by atoms with Gasteiger partial charge in [0.25, 0.3) is 5.91 Å². The monoisotopic (exact) mass is 312 g/mol. The number of nitrogens with two attached hydrogens (primary N) is 1. The number of nitrogens with zero attached hydrogens (tertiary/aromatic N) is 1. The molecule has 126 valence electrons. The van der Waals surface area contributed by atoms with E-state index >= 15 is 0 Å². The van der Waals surface area contributed by atoms with Crippen LogP contribution in [0.1, 0.15) is 52.9 Å². The molecule has 1 aliphatic heterocycles. The third-order valence-electron chi connectivity index (χ3n) is 4.31. The van der Waals surface area contributed by atoms with Crippen LogP contribution >= 0.6 is 0 Å². The molecule has 4 N–H and O–H groups in total. The SMILES string of the molecule is CCCCC(CN)NC(=O)CN1C(=O)NC(CC)(CC)C1=O. The minimum absolute atomic E-state index is 0.115. The molecule has 7 heteroatoms. The molecule has 0 aliphatic carbocycles. The number of carbonyl (C=O) groups excluding carboxylic acids is 3. The van der Waals surface area contributed by atoms with Crippen molar-refractivity contribution in [2.75, 3.05) is 13.1 Å². The maximum atomic E-state index is 12.4. The molecule has 1 fully saturated rings. The molecule has 22 heavy (non-hydrogen) atoms. The zero-order valence-corrected chi connectivity index (χ0v) is 13.8. The lowest BCUT2D eigenvalue weighted by Crippen LogP contribution is -2.48. The van der Waals surface area contributed by atoms with Gasteiger partial charge in [0.1, 0.15) is 12.1 Å². The van der Waals surface area contributed by atoms with Crippen LogP contribution in [0.25, 0.3) is 0 Å². The van der Waals surface area contributed by atoms with E-state index in [1.165, 1.54) is 0 Å². The summed E-state index contributed by atoms with van der Waals surface area (Å²) in [5, 5.41) is 5.50. The molecule has 1 rings (SSSR count). The molecule has 0 aromatic carbocycles. The van der Waals surface area contributed by atoms with Gasteiger partial charge in [-0.05, 0) is 19.3 Å². The van der Waals surface area contributed by atoms with E-state index in [9.17, 15) is 14.4 Å². The fourth-order valence-corrected chi connectivity index (χ4v) is 2.67. The van der Waals surface area contributed by atoms with E-state index in [0.717, 1.165) is 24.2 Å². The zero-order valence-electron chi connectivity index (χ0n) is 13.8. The number of nitrogens with one attached hydrogen (secondary N) is 2. The lowest BCUT2D eigenvalue weighted by atomic mass is 9.93. The molecule has 0 aromatic heterocycles. The van der Waals surface area contributed by atoms with Crippen LogP contribution in [0.3, 0.4) is 0 Å². The highest BCUT2D eigenvalue weighted by Gasteiger charge is 2.49. The minimum atomic E-state index is -0.868. The van der Waals surface area contributed by atoms with Crippen molar-refractivity contribution in [2.24, 2.45) is 5.73 Å². The van der Waals surface area contributed by atoms with Gasteiger partial charge in [0.05, 0.1) is 0 Å². The van der Waals surface area contributed by atoms with Crippen molar-refractivity contribution in [2.45, 2.75) is 64.5 Å². The smallest absolute Gasteiger partial charge is 0.325 e. The highest BCUT2D eigenvalue weighted by Crippen LogP contribution is 2.24. The van der Waals surface area contributed by atoms with Crippen LogP contribution in [0.2, 0.25) is 0 Å². The van der Waals surface area contributed by atoms with Gasteiger partial charge in [-0.15, -0.1) is 0 Å². The first-order chi connectivity index (χ1) is 10.4. The number of hydrogen-bond donors (Lipinski definition) is 3. The maximum absolute atomic E-state index is 12.4. The Balaban J connectivity index is 2.64. The van der Waals surface area contributed by atoms with Gasteiger partial charge in [-0.2, -0.15) is 0 Å². The number of amides is 4. The lowest BCUT2D eigenvalue weighted by Gasteiger charge is -2.23. The summed E-state index contributed by atoms with van der Waals surface area (Å²) < 4.78 is 0. The van der Waals surface area contributed by atoms with E-state index < -0.39 is 11.6 Å². The summed E-state index contributed by atoms with van der Waals surface area (Å²) >= 11 is 0. The average molecular weight is 312 g/mol. The molecule has 1 atom stereocenters. The molecule has 0 radical (unpaired) electrons. The Bertz CT molecular complexity index is 421. The van der Waals surface area contributed by atoms with E-state index in [2.05, 4.69) is 17.6 Å². The molecule has 1 saturated heterocycles. The van der Waals surface area contributed by atoms with E-state index in [1.807, 2.05) is 13.8 Å². The molecule has 1 aliphatic rings. The topological polar surface area (TPSA) is 105 Å². The summed E-state index contributed by atoms with van der Waals surface area (Å²) in [4.78, 5) is 37.4. The van der Waals surface area contributed by atoms with Crippen molar-refractivity contribution in [3.63, 3.8) is 0 Å². The molecule has 0 bridgehead atoms.